The third-order valence-electron chi connectivity index (χ3n) is 7.81. The molecule has 2 aliphatic rings. The Bertz CT molecular complexity index is 1230. The van der Waals surface area contributed by atoms with Crippen LogP contribution >= 0.6 is 23.2 Å². The number of benzene rings is 2. The lowest BCUT2D eigenvalue weighted by atomic mass is 9.83. The van der Waals surface area contributed by atoms with Crippen LogP contribution in [0.4, 0.5) is 13.2 Å². The van der Waals surface area contributed by atoms with Crippen molar-refractivity contribution >= 4 is 40.9 Å². The average Bonchev–Trinajstić information content (AvgIpc) is 2.91. The number of amides is 3. The van der Waals surface area contributed by atoms with Gasteiger partial charge in [0.25, 0.3) is 5.91 Å². The fraction of sp³-hybridized carbons (Fsp3) is 0.464. The summed E-state index contributed by atoms with van der Waals surface area (Å²) in [7, 11) is 1.58. The fourth-order valence-corrected chi connectivity index (χ4v) is 5.92. The van der Waals surface area contributed by atoms with E-state index in [4.69, 9.17) is 23.2 Å². The number of likely N-dealkylation sites (N-methyl/N-ethyl adjacent to an activating group) is 1. The molecule has 0 N–H and O–H groups in total. The molecule has 0 radical (unpaired) electrons. The van der Waals surface area contributed by atoms with E-state index >= 15 is 0 Å². The predicted octanol–water partition coefficient (Wildman–Crippen LogP) is 5.73. The molecule has 0 aliphatic carbocycles. The maximum atomic E-state index is 13.5. The van der Waals surface area contributed by atoms with Crippen LogP contribution in [0, 0.1) is 5.92 Å². The standard InChI is InChI=1S/C28H30Cl2F3N3O3/c1-17(37)35-12-9-19(10-13-35)27(39)36-14-11-25(22(16-36)18-3-6-21(29)7-4-18)34(2)26(38)20-5-8-24(30)23(15-20)28(31,32)33/h3-8,15,19,22,25H,9-14,16H2,1-2H3/t22-,25+/m0/s1. The normalized spacial score (nSPS) is 20.6. The van der Waals surface area contributed by atoms with E-state index in [9.17, 15) is 27.6 Å². The summed E-state index contributed by atoms with van der Waals surface area (Å²) in [5.41, 5.74) is -0.297. The molecule has 0 saturated carbocycles. The number of piperidine rings is 2. The molecule has 2 atom stereocenters. The topological polar surface area (TPSA) is 60.9 Å². The summed E-state index contributed by atoms with van der Waals surface area (Å²) >= 11 is 11.8. The molecule has 2 aromatic carbocycles. The fourth-order valence-electron chi connectivity index (χ4n) is 5.57. The van der Waals surface area contributed by atoms with Crippen LogP contribution in [0.1, 0.15) is 53.6 Å². The zero-order chi connectivity index (χ0) is 28.5. The summed E-state index contributed by atoms with van der Waals surface area (Å²) in [6.07, 6.45) is -3.04. The third kappa shape index (κ3) is 6.52. The molecule has 2 fully saturated rings. The van der Waals surface area contributed by atoms with Gasteiger partial charge >= 0.3 is 6.18 Å². The van der Waals surface area contributed by atoms with Gasteiger partial charge in [-0.05, 0) is 55.2 Å². The molecule has 2 saturated heterocycles. The van der Waals surface area contributed by atoms with Gasteiger partial charge in [0.15, 0.2) is 0 Å². The summed E-state index contributed by atoms with van der Waals surface area (Å²) in [4.78, 5) is 43.5. The molecule has 2 aliphatic heterocycles. The molecule has 4 rings (SSSR count). The quantitative estimate of drug-likeness (QED) is 0.462. The Morgan fingerprint density at radius 3 is 2.13 bits per heavy atom. The predicted molar refractivity (Wildman–Crippen MR) is 143 cm³/mol. The molecule has 2 aromatic rings. The van der Waals surface area contributed by atoms with Crippen LogP contribution in [0.15, 0.2) is 42.5 Å². The first kappa shape index (κ1) is 29.2. The molecule has 0 spiro atoms. The maximum absolute atomic E-state index is 13.5. The molecular formula is C28H30Cl2F3N3O3. The SMILES string of the molecule is CC(=O)N1CCC(C(=O)N2CC[C@@H](N(C)C(=O)c3ccc(Cl)c(C(F)(F)F)c3)[C@H](c3ccc(Cl)cc3)C2)CC1. The maximum Gasteiger partial charge on any atom is 0.417 e. The molecule has 6 nitrogen and oxygen atoms in total. The van der Waals surface area contributed by atoms with E-state index in [2.05, 4.69) is 0 Å². The lowest BCUT2D eigenvalue weighted by molar-refractivity contribution is -0.141. The largest absolute Gasteiger partial charge is 0.417 e. The van der Waals surface area contributed by atoms with Crippen molar-refractivity contribution in [3.8, 4) is 0 Å². The Labute approximate surface area is 235 Å². The van der Waals surface area contributed by atoms with Crippen LogP contribution in [0.25, 0.3) is 0 Å². The van der Waals surface area contributed by atoms with Crippen LogP contribution in [0.5, 0.6) is 0 Å². The lowest BCUT2D eigenvalue weighted by Gasteiger charge is -2.44. The van der Waals surface area contributed by atoms with Crippen molar-refractivity contribution in [3.05, 3.63) is 69.2 Å². The van der Waals surface area contributed by atoms with Gasteiger partial charge in [-0.1, -0.05) is 35.3 Å². The van der Waals surface area contributed by atoms with Gasteiger partial charge in [0, 0.05) is 68.6 Å². The van der Waals surface area contributed by atoms with Crippen molar-refractivity contribution in [1.82, 2.24) is 14.7 Å². The number of nitrogens with zero attached hydrogens (tertiary/aromatic N) is 3. The first-order valence-electron chi connectivity index (χ1n) is 12.8. The minimum atomic E-state index is -4.69. The molecular weight excluding hydrogens is 554 g/mol. The second-order valence-electron chi connectivity index (χ2n) is 10.2. The number of rotatable bonds is 4. The number of hydrogen-bond acceptors (Lipinski definition) is 3. The van der Waals surface area contributed by atoms with E-state index in [0.29, 0.717) is 50.5 Å². The van der Waals surface area contributed by atoms with Gasteiger partial charge in [-0.25, -0.2) is 0 Å². The Balaban J connectivity index is 1.56. The minimum absolute atomic E-state index is 0.000242. The molecule has 0 aromatic heterocycles. The third-order valence-corrected chi connectivity index (χ3v) is 8.39. The van der Waals surface area contributed by atoms with Gasteiger partial charge in [-0.3, -0.25) is 14.4 Å². The molecule has 2 heterocycles. The highest BCUT2D eigenvalue weighted by Gasteiger charge is 2.40. The monoisotopic (exact) mass is 583 g/mol. The van der Waals surface area contributed by atoms with Crippen molar-refractivity contribution in [2.24, 2.45) is 5.92 Å². The van der Waals surface area contributed by atoms with Crippen LogP contribution in [0.2, 0.25) is 10.0 Å². The Morgan fingerprint density at radius 2 is 1.54 bits per heavy atom. The van der Waals surface area contributed by atoms with Crippen LogP contribution < -0.4 is 0 Å². The summed E-state index contributed by atoms with van der Waals surface area (Å²) in [6, 6.07) is 9.97. The number of carbonyl (C=O) groups excluding carboxylic acids is 3. The molecule has 3 amide bonds. The Kier molecular flexibility index (Phi) is 8.81. The van der Waals surface area contributed by atoms with E-state index in [1.165, 1.54) is 17.9 Å². The van der Waals surface area contributed by atoms with Gasteiger partial charge in [0.05, 0.1) is 10.6 Å². The number of carbonyl (C=O) groups is 3. The second-order valence-corrected chi connectivity index (χ2v) is 11.0. The van der Waals surface area contributed by atoms with E-state index in [-0.39, 0.29) is 35.3 Å². The first-order chi connectivity index (χ1) is 18.4. The van der Waals surface area contributed by atoms with Gasteiger partial charge in [0.1, 0.15) is 0 Å². The van der Waals surface area contributed by atoms with E-state index in [0.717, 1.165) is 17.7 Å². The molecule has 39 heavy (non-hydrogen) atoms. The highest BCUT2D eigenvalue weighted by Crippen LogP contribution is 2.37. The van der Waals surface area contributed by atoms with E-state index < -0.39 is 22.7 Å². The van der Waals surface area contributed by atoms with E-state index in [1.807, 2.05) is 17.0 Å². The first-order valence-corrected chi connectivity index (χ1v) is 13.6. The lowest BCUT2D eigenvalue weighted by Crippen LogP contribution is -2.53. The number of hydrogen-bond donors (Lipinski definition) is 0. The summed E-state index contributed by atoms with van der Waals surface area (Å²) in [5, 5.41) is 0.0725. The number of likely N-dealkylation sites (tertiary alicyclic amines) is 2. The summed E-state index contributed by atoms with van der Waals surface area (Å²) < 4.78 is 40.3. The van der Waals surface area contributed by atoms with Crippen LogP contribution in [0.3, 0.4) is 0 Å². The Hall–Kier alpha value is -2.78. The molecule has 210 valence electrons. The molecule has 0 bridgehead atoms. The second kappa shape index (κ2) is 11.8. The minimum Gasteiger partial charge on any atom is -0.343 e. The van der Waals surface area contributed by atoms with Gasteiger partial charge in [-0.15, -0.1) is 0 Å². The highest BCUT2D eigenvalue weighted by atomic mass is 35.5. The van der Waals surface area contributed by atoms with E-state index in [1.54, 1.807) is 24.1 Å². The van der Waals surface area contributed by atoms with Gasteiger partial charge < -0.3 is 14.7 Å². The van der Waals surface area contributed by atoms with Crippen molar-refractivity contribution in [2.75, 3.05) is 33.2 Å². The molecule has 0 unspecified atom stereocenters. The van der Waals surface area contributed by atoms with Crippen molar-refractivity contribution in [2.45, 2.75) is 44.3 Å². The van der Waals surface area contributed by atoms with Crippen molar-refractivity contribution in [3.63, 3.8) is 0 Å². The van der Waals surface area contributed by atoms with Crippen molar-refractivity contribution < 1.29 is 27.6 Å². The zero-order valence-corrected chi connectivity index (χ0v) is 23.2. The van der Waals surface area contributed by atoms with Gasteiger partial charge in [0.2, 0.25) is 11.8 Å². The summed E-state index contributed by atoms with van der Waals surface area (Å²) in [6.45, 7) is 3.37. The Morgan fingerprint density at radius 1 is 0.923 bits per heavy atom. The van der Waals surface area contributed by atoms with Crippen LogP contribution in [-0.4, -0.2) is 71.7 Å². The van der Waals surface area contributed by atoms with Crippen LogP contribution in [-0.2, 0) is 15.8 Å². The number of alkyl halides is 3. The highest BCUT2D eigenvalue weighted by molar-refractivity contribution is 6.31. The number of halogens is 5. The molecule has 11 heteroatoms. The zero-order valence-electron chi connectivity index (χ0n) is 21.7. The average molecular weight is 584 g/mol. The van der Waals surface area contributed by atoms with Crippen molar-refractivity contribution in [1.29, 1.82) is 0 Å². The summed E-state index contributed by atoms with van der Waals surface area (Å²) in [5.74, 6) is -0.993. The van der Waals surface area contributed by atoms with Gasteiger partial charge in [-0.2, -0.15) is 13.2 Å². The smallest absolute Gasteiger partial charge is 0.343 e.